The number of ether oxygens (including phenoxy) is 1. The van der Waals surface area contributed by atoms with Crippen LogP contribution in [0.25, 0.3) is 0 Å². The van der Waals surface area contributed by atoms with Crippen LogP contribution in [-0.4, -0.2) is 65.2 Å². The molecule has 3 amide bonds. The van der Waals surface area contributed by atoms with Crippen molar-refractivity contribution in [3.05, 3.63) is 47.8 Å². The van der Waals surface area contributed by atoms with Gasteiger partial charge in [-0.25, -0.2) is 0 Å². The molecule has 9 heteroatoms. The van der Waals surface area contributed by atoms with Crippen molar-refractivity contribution in [1.82, 2.24) is 25.3 Å². The van der Waals surface area contributed by atoms with Crippen LogP contribution in [0, 0.1) is 6.92 Å². The fraction of sp³-hybridized carbons (Fsp3) is 0.478. The number of carbonyl (C=O) groups is 3. The van der Waals surface area contributed by atoms with E-state index in [2.05, 4.69) is 15.7 Å². The number of nitrogens with zero attached hydrogens (tertiary/aromatic N) is 3. The molecule has 0 saturated heterocycles. The predicted octanol–water partition coefficient (Wildman–Crippen LogP) is 1.52. The number of aromatic nitrogens is 2. The number of hydrogen-bond donors (Lipinski definition) is 2. The highest BCUT2D eigenvalue weighted by atomic mass is 16.5. The highest BCUT2D eigenvalue weighted by Gasteiger charge is 2.17. The molecule has 0 atom stereocenters. The van der Waals surface area contributed by atoms with Gasteiger partial charge in [0.05, 0.1) is 12.1 Å². The maximum absolute atomic E-state index is 12.8. The van der Waals surface area contributed by atoms with Gasteiger partial charge in [0, 0.05) is 51.4 Å². The molecule has 0 spiro atoms. The number of amides is 3. The lowest BCUT2D eigenvalue weighted by atomic mass is 10.1. The number of fused-ring (bicyclic) bond motifs is 1. The number of aryl methyl sites for hydroxylation is 2. The van der Waals surface area contributed by atoms with E-state index in [0.29, 0.717) is 69.7 Å². The van der Waals surface area contributed by atoms with Crippen LogP contribution in [0.4, 0.5) is 0 Å². The Morgan fingerprint density at radius 3 is 2.88 bits per heavy atom. The van der Waals surface area contributed by atoms with Gasteiger partial charge in [0.2, 0.25) is 11.8 Å². The van der Waals surface area contributed by atoms with E-state index in [0.717, 1.165) is 5.56 Å². The molecule has 2 N–H and O–H groups in total. The quantitative estimate of drug-likeness (QED) is 0.748. The maximum Gasteiger partial charge on any atom is 0.255 e. The van der Waals surface area contributed by atoms with E-state index in [-0.39, 0.29) is 24.3 Å². The van der Waals surface area contributed by atoms with Gasteiger partial charge in [-0.05, 0) is 38.0 Å². The van der Waals surface area contributed by atoms with Gasteiger partial charge < -0.3 is 20.3 Å². The lowest BCUT2D eigenvalue weighted by Gasteiger charge is -2.23. The summed E-state index contributed by atoms with van der Waals surface area (Å²) in [7, 11) is 0. The van der Waals surface area contributed by atoms with Crippen LogP contribution in [0.2, 0.25) is 0 Å². The van der Waals surface area contributed by atoms with Crippen molar-refractivity contribution in [3.63, 3.8) is 0 Å². The van der Waals surface area contributed by atoms with Gasteiger partial charge in [0.25, 0.3) is 5.91 Å². The second kappa shape index (κ2) is 11.9. The maximum atomic E-state index is 12.8. The molecule has 0 bridgehead atoms. The first-order chi connectivity index (χ1) is 15.5. The van der Waals surface area contributed by atoms with Crippen molar-refractivity contribution in [2.45, 2.75) is 39.2 Å². The van der Waals surface area contributed by atoms with E-state index in [1.165, 1.54) is 0 Å². The lowest BCUT2D eigenvalue weighted by molar-refractivity contribution is -0.132. The minimum absolute atomic E-state index is 0.00991. The first-order valence-electron chi connectivity index (χ1n) is 11.1. The van der Waals surface area contributed by atoms with Crippen molar-refractivity contribution in [2.75, 3.05) is 32.8 Å². The molecule has 9 nitrogen and oxygen atoms in total. The summed E-state index contributed by atoms with van der Waals surface area (Å²) in [6.07, 6.45) is 5.53. The zero-order valence-corrected chi connectivity index (χ0v) is 18.5. The molecule has 0 unspecified atom stereocenters. The van der Waals surface area contributed by atoms with E-state index in [1.807, 2.05) is 25.3 Å². The molecule has 0 aliphatic carbocycles. The molecule has 1 aliphatic rings. The van der Waals surface area contributed by atoms with Gasteiger partial charge in [-0.2, -0.15) is 5.10 Å². The fourth-order valence-corrected chi connectivity index (χ4v) is 3.56. The Morgan fingerprint density at radius 2 is 2.06 bits per heavy atom. The Kier molecular flexibility index (Phi) is 8.65. The van der Waals surface area contributed by atoms with Crippen LogP contribution in [-0.2, 0) is 16.1 Å². The third kappa shape index (κ3) is 7.11. The van der Waals surface area contributed by atoms with Crippen LogP contribution < -0.4 is 15.4 Å². The standard InChI is InChI=1S/C23H31N5O4/c1-18-7-8-20-19(17-18)23(31)25-10-15-27(12-2-5-21(29)24-11-16-32-20)22(30)6-3-13-28-14-4-9-26-28/h4,7-9,14,17H,2-3,5-6,10-13,15-16H2,1H3,(H,24,29)(H,25,31). The second-order valence-electron chi connectivity index (χ2n) is 7.81. The summed E-state index contributed by atoms with van der Waals surface area (Å²) in [6, 6.07) is 7.27. The number of benzene rings is 1. The van der Waals surface area contributed by atoms with Crippen molar-refractivity contribution >= 4 is 17.7 Å². The Bertz CT molecular complexity index is 913. The zero-order chi connectivity index (χ0) is 22.8. The van der Waals surface area contributed by atoms with E-state index >= 15 is 0 Å². The first kappa shape index (κ1) is 23.3. The van der Waals surface area contributed by atoms with Crippen LogP contribution in [0.15, 0.2) is 36.7 Å². The Labute approximate surface area is 188 Å². The largest absolute Gasteiger partial charge is 0.491 e. The Morgan fingerprint density at radius 1 is 1.19 bits per heavy atom. The monoisotopic (exact) mass is 441 g/mol. The second-order valence-corrected chi connectivity index (χ2v) is 7.81. The van der Waals surface area contributed by atoms with Crippen LogP contribution in [0.5, 0.6) is 5.75 Å². The summed E-state index contributed by atoms with van der Waals surface area (Å²) in [4.78, 5) is 39.4. The van der Waals surface area contributed by atoms with E-state index in [9.17, 15) is 14.4 Å². The molecule has 2 heterocycles. The van der Waals surface area contributed by atoms with Gasteiger partial charge in [-0.3, -0.25) is 19.1 Å². The molecule has 1 aliphatic heterocycles. The zero-order valence-electron chi connectivity index (χ0n) is 18.5. The molecule has 2 aromatic rings. The van der Waals surface area contributed by atoms with Crippen molar-refractivity contribution in [2.24, 2.45) is 0 Å². The first-order valence-corrected chi connectivity index (χ1v) is 11.1. The van der Waals surface area contributed by atoms with Gasteiger partial charge in [0.15, 0.2) is 0 Å². The van der Waals surface area contributed by atoms with Gasteiger partial charge in [0.1, 0.15) is 12.4 Å². The van der Waals surface area contributed by atoms with E-state index < -0.39 is 0 Å². The summed E-state index contributed by atoms with van der Waals surface area (Å²) in [5, 5.41) is 9.87. The highest BCUT2D eigenvalue weighted by molar-refractivity contribution is 5.97. The van der Waals surface area contributed by atoms with Crippen molar-refractivity contribution in [3.8, 4) is 5.75 Å². The lowest BCUT2D eigenvalue weighted by Crippen LogP contribution is -2.39. The Balaban J connectivity index is 1.63. The smallest absolute Gasteiger partial charge is 0.255 e. The van der Waals surface area contributed by atoms with Gasteiger partial charge in [-0.1, -0.05) is 11.6 Å². The van der Waals surface area contributed by atoms with Crippen LogP contribution in [0.1, 0.15) is 41.6 Å². The summed E-state index contributed by atoms with van der Waals surface area (Å²) >= 11 is 0. The van der Waals surface area contributed by atoms with Crippen LogP contribution in [0.3, 0.4) is 0 Å². The minimum Gasteiger partial charge on any atom is -0.491 e. The summed E-state index contributed by atoms with van der Waals surface area (Å²) in [5.41, 5.74) is 1.39. The van der Waals surface area contributed by atoms with Crippen LogP contribution >= 0.6 is 0 Å². The van der Waals surface area contributed by atoms with Gasteiger partial charge >= 0.3 is 0 Å². The molecule has 1 aromatic carbocycles. The van der Waals surface area contributed by atoms with Crippen molar-refractivity contribution in [1.29, 1.82) is 0 Å². The van der Waals surface area contributed by atoms with E-state index in [1.54, 1.807) is 27.9 Å². The number of hydrogen-bond acceptors (Lipinski definition) is 5. The third-order valence-corrected chi connectivity index (χ3v) is 5.25. The topological polar surface area (TPSA) is 106 Å². The minimum atomic E-state index is -0.242. The molecule has 32 heavy (non-hydrogen) atoms. The molecule has 1 aromatic heterocycles. The molecular weight excluding hydrogens is 410 g/mol. The van der Waals surface area contributed by atoms with E-state index in [4.69, 9.17) is 4.74 Å². The molecular formula is C23H31N5O4. The third-order valence-electron chi connectivity index (χ3n) is 5.25. The molecule has 3 rings (SSSR count). The molecule has 0 saturated carbocycles. The average Bonchev–Trinajstić information content (AvgIpc) is 3.29. The predicted molar refractivity (Wildman–Crippen MR) is 119 cm³/mol. The number of nitrogens with one attached hydrogen (secondary N) is 2. The molecule has 0 fully saturated rings. The summed E-state index contributed by atoms with van der Waals surface area (Å²) in [6.45, 7) is 4.38. The Hall–Kier alpha value is -3.36. The summed E-state index contributed by atoms with van der Waals surface area (Å²) < 4.78 is 7.52. The molecule has 172 valence electrons. The van der Waals surface area contributed by atoms with Crippen molar-refractivity contribution < 1.29 is 19.1 Å². The number of rotatable bonds is 4. The summed E-state index contributed by atoms with van der Waals surface area (Å²) in [5.74, 6) is 0.168. The average molecular weight is 442 g/mol. The number of carbonyl (C=O) groups excluding carboxylic acids is 3. The normalized spacial score (nSPS) is 16.1. The molecule has 0 radical (unpaired) electrons. The fourth-order valence-electron chi connectivity index (χ4n) is 3.56. The SMILES string of the molecule is Cc1ccc2c(c1)C(=O)NCCN(C(=O)CCCn1cccn1)CCCC(=O)NCCO2. The highest BCUT2D eigenvalue weighted by Crippen LogP contribution is 2.20. The van der Waals surface area contributed by atoms with Gasteiger partial charge in [-0.15, -0.1) is 0 Å².